The number of hydrogen-bond donors (Lipinski definition) is 0. The average Bonchev–Trinajstić information content (AvgIpc) is 2.47. The van der Waals surface area contributed by atoms with Gasteiger partial charge in [-0.25, -0.2) is 9.07 Å². The minimum atomic E-state index is -0.528. The maximum Gasteiger partial charge on any atom is 0.181 e. The molecule has 3 heteroatoms. The molecule has 1 aromatic heterocycles. The molecule has 0 radical (unpaired) electrons. The highest BCUT2D eigenvalue weighted by molar-refractivity contribution is 5.16. The molecule has 0 aliphatic rings. The van der Waals surface area contributed by atoms with Crippen LogP contribution in [-0.2, 0) is 6.80 Å². The summed E-state index contributed by atoms with van der Waals surface area (Å²) in [6, 6.07) is 1.99. The molecule has 0 unspecified atom stereocenters. The van der Waals surface area contributed by atoms with Gasteiger partial charge in [0.05, 0.1) is 5.69 Å². The lowest BCUT2D eigenvalue weighted by atomic mass is 10.1. The molecule has 1 rings (SSSR count). The Labute approximate surface area is 78.8 Å². The first-order chi connectivity index (χ1) is 6.06. The molecule has 0 aromatic carbocycles. The summed E-state index contributed by atoms with van der Waals surface area (Å²) in [6.45, 7) is 7.70. The Bertz CT molecular complexity index is 276. The van der Waals surface area contributed by atoms with E-state index >= 15 is 0 Å². The summed E-state index contributed by atoms with van der Waals surface area (Å²) in [5.41, 5.74) is 1.95. The zero-order valence-corrected chi connectivity index (χ0v) is 8.71. The third-order valence-electron chi connectivity index (χ3n) is 2.13. The SMILES string of the molecule is CC(C)c1cc(C(C)C)n(CF)n1. The lowest BCUT2D eigenvalue weighted by Crippen LogP contribution is -2.03. The van der Waals surface area contributed by atoms with Crippen molar-refractivity contribution in [3.63, 3.8) is 0 Å². The minimum Gasteiger partial charge on any atom is -0.238 e. The Kier molecular flexibility index (Phi) is 3.07. The summed E-state index contributed by atoms with van der Waals surface area (Å²) in [6.07, 6.45) is 0. The lowest BCUT2D eigenvalue weighted by molar-refractivity contribution is 0.336. The topological polar surface area (TPSA) is 17.8 Å². The molecule has 1 heterocycles. The Morgan fingerprint density at radius 3 is 2.23 bits per heavy atom. The summed E-state index contributed by atoms with van der Waals surface area (Å²) in [5.74, 6) is 0.695. The van der Waals surface area contributed by atoms with Crippen LogP contribution < -0.4 is 0 Å². The second-order valence-corrected chi connectivity index (χ2v) is 3.92. The fourth-order valence-electron chi connectivity index (χ4n) is 1.29. The molecule has 74 valence electrons. The number of alkyl halides is 1. The van der Waals surface area contributed by atoms with Crippen molar-refractivity contribution in [2.75, 3.05) is 0 Å². The van der Waals surface area contributed by atoms with E-state index in [1.807, 2.05) is 19.9 Å². The van der Waals surface area contributed by atoms with Crippen LogP contribution in [-0.4, -0.2) is 9.78 Å². The predicted molar refractivity (Wildman–Crippen MR) is 51.5 cm³/mol. The molecule has 0 saturated carbocycles. The van der Waals surface area contributed by atoms with Crippen molar-refractivity contribution in [3.8, 4) is 0 Å². The van der Waals surface area contributed by atoms with Crippen LogP contribution in [0.2, 0.25) is 0 Å². The zero-order chi connectivity index (χ0) is 10.0. The molecule has 0 spiro atoms. The molecule has 0 N–H and O–H groups in total. The third-order valence-corrected chi connectivity index (χ3v) is 2.13. The van der Waals surface area contributed by atoms with Gasteiger partial charge in [0, 0.05) is 5.69 Å². The molecule has 13 heavy (non-hydrogen) atoms. The van der Waals surface area contributed by atoms with Crippen molar-refractivity contribution in [2.45, 2.75) is 46.3 Å². The van der Waals surface area contributed by atoms with E-state index < -0.39 is 6.80 Å². The third kappa shape index (κ3) is 2.08. The fourth-order valence-corrected chi connectivity index (χ4v) is 1.29. The fraction of sp³-hybridized carbons (Fsp3) is 0.700. The van der Waals surface area contributed by atoms with E-state index in [-0.39, 0.29) is 0 Å². The van der Waals surface area contributed by atoms with Gasteiger partial charge in [-0.15, -0.1) is 0 Å². The van der Waals surface area contributed by atoms with Crippen LogP contribution in [0.4, 0.5) is 4.39 Å². The quantitative estimate of drug-likeness (QED) is 0.706. The average molecular weight is 184 g/mol. The summed E-state index contributed by atoms with van der Waals surface area (Å²) >= 11 is 0. The molecule has 0 saturated heterocycles. The monoisotopic (exact) mass is 184 g/mol. The van der Waals surface area contributed by atoms with Crippen molar-refractivity contribution in [1.29, 1.82) is 0 Å². The maximum atomic E-state index is 12.5. The van der Waals surface area contributed by atoms with Gasteiger partial charge in [-0.3, -0.25) is 0 Å². The molecule has 1 aromatic rings. The van der Waals surface area contributed by atoms with Crippen LogP contribution in [0.25, 0.3) is 0 Å². The Hall–Kier alpha value is -0.860. The van der Waals surface area contributed by atoms with E-state index in [4.69, 9.17) is 0 Å². The molecule has 0 aliphatic heterocycles. The Morgan fingerprint density at radius 2 is 1.92 bits per heavy atom. The van der Waals surface area contributed by atoms with Gasteiger partial charge in [0.2, 0.25) is 0 Å². The van der Waals surface area contributed by atoms with Crippen LogP contribution in [0, 0.1) is 0 Å². The highest BCUT2D eigenvalue weighted by atomic mass is 19.1. The highest BCUT2D eigenvalue weighted by Gasteiger charge is 2.12. The molecule has 0 fully saturated rings. The second kappa shape index (κ2) is 3.90. The molecule has 2 nitrogen and oxygen atoms in total. The number of halogens is 1. The predicted octanol–water partition coefficient (Wildman–Crippen LogP) is 3.06. The summed E-state index contributed by atoms with van der Waals surface area (Å²) in [5, 5.41) is 4.19. The van der Waals surface area contributed by atoms with Gasteiger partial charge in [-0.2, -0.15) is 5.10 Å². The summed E-state index contributed by atoms with van der Waals surface area (Å²) in [7, 11) is 0. The van der Waals surface area contributed by atoms with E-state index in [1.54, 1.807) is 0 Å². The first-order valence-corrected chi connectivity index (χ1v) is 4.69. The first-order valence-electron chi connectivity index (χ1n) is 4.69. The largest absolute Gasteiger partial charge is 0.238 e. The number of nitrogens with zero attached hydrogens (tertiary/aromatic N) is 2. The van der Waals surface area contributed by atoms with E-state index in [2.05, 4.69) is 18.9 Å². The molecule has 0 bridgehead atoms. The summed E-state index contributed by atoms with van der Waals surface area (Å²) in [4.78, 5) is 0. The molecular weight excluding hydrogens is 167 g/mol. The minimum absolute atomic E-state index is 0.329. The van der Waals surface area contributed by atoms with Crippen LogP contribution in [0.5, 0.6) is 0 Å². The highest BCUT2D eigenvalue weighted by Crippen LogP contribution is 2.20. The van der Waals surface area contributed by atoms with Gasteiger partial charge in [-0.05, 0) is 17.9 Å². The number of aromatic nitrogens is 2. The number of hydrogen-bond acceptors (Lipinski definition) is 1. The van der Waals surface area contributed by atoms with Gasteiger partial charge in [0.25, 0.3) is 0 Å². The van der Waals surface area contributed by atoms with Crippen molar-refractivity contribution in [2.24, 2.45) is 0 Å². The first kappa shape index (κ1) is 10.2. The van der Waals surface area contributed by atoms with E-state index in [1.165, 1.54) is 4.68 Å². The maximum absolute atomic E-state index is 12.5. The zero-order valence-electron chi connectivity index (χ0n) is 8.71. The molecule has 0 aliphatic carbocycles. The van der Waals surface area contributed by atoms with Crippen LogP contribution in [0.15, 0.2) is 6.07 Å². The van der Waals surface area contributed by atoms with Gasteiger partial charge >= 0.3 is 0 Å². The normalized spacial score (nSPS) is 11.6. The van der Waals surface area contributed by atoms with Crippen molar-refractivity contribution < 1.29 is 4.39 Å². The van der Waals surface area contributed by atoms with Crippen LogP contribution in [0.3, 0.4) is 0 Å². The Morgan fingerprint density at radius 1 is 1.31 bits per heavy atom. The smallest absolute Gasteiger partial charge is 0.181 e. The van der Waals surface area contributed by atoms with Gasteiger partial charge in [-0.1, -0.05) is 27.7 Å². The Balaban J connectivity index is 3.04. The number of rotatable bonds is 3. The molecule has 0 atom stereocenters. The van der Waals surface area contributed by atoms with Crippen molar-refractivity contribution >= 4 is 0 Å². The van der Waals surface area contributed by atoms with E-state index in [0.717, 1.165) is 11.4 Å². The van der Waals surface area contributed by atoms with Crippen molar-refractivity contribution in [3.05, 3.63) is 17.5 Å². The van der Waals surface area contributed by atoms with E-state index in [9.17, 15) is 4.39 Å². The van der Waals surface area contributed by atoms with Crippen LogP contribution in [0.1, 0.15) is 50.9 Å². The molecular formula is C10H17FN2. The second-order valence-electron chi connectivity index (χ2n) is 3.92. The van der Waals surface area contributed by atoms with Gasteiger partial charge in [0.15, 0.2) is 6.80 Å². The standard InChI is InChI=1S/C10H17FN2/c1-7(2)9-5-10(8(3)4)13(6-11)12-9/h5,7-8H,6H2,1-4H3. The van der Waals surface area contributed by atoms with Crippen LogP contribution >= 0.6 is 0 Å². The lowest BCUT2D eigenvalue weighted by Gasteiger charge is -2.04. The summed E-state index contributed by atoms with van der Waals surface area (Å²) < 4.78 is 14.0. The van der Waals surface area contributed by atoms with Crippen molar-refractivity contribution in [1.82, 2.24) is 9.78 Å². The van der Waals surface area contributed by atoms with E-state index in [0.29, 0.717) is 11.8 Å². The van der Waals surface area contributed by atoms with Gasteiger partial charge in [0.1, 0.15) is 0 Å². The van der Waals surface area contributed by atoms with Gasteiger partial charge < -0.3 is 0 Å². The molecule has 0 amide bonds.